The predicted octanol–water partition coefficient (Wildman–Crippen LogP) is 2.04. The van der Waals surface area contributed by atoms with E-state index in [1.54, 1.807) is 13.2 Å². The lowest BCUT2D eigenvalue weighted by molar-refractivity contribution is 0.0727. The molecule has 1 N–H and O–H groups in total. The number of likely N-dealkylation sites (N-methyl/N-ethyl adjacent to an activating group) is 1. The topological polar surface area (TPSA) is 32.7 Å². The van der Waals surface area contributed by atoms with Crippen molar-refractivity contribution in [1.82, 2.24) is 4.90 Å². The van der Waals surface area contributed by atoms with Gasteiger partial charge in [-0.2, -0.15) is 0 Å². The van der Waals surface area contributed by atoms with Crippen LogP contribution in [0.5, 0.6) is 5.75 Å². The Balaban J connectivity index is 2.91. The molecule has 0 bridgehead atoms. The quantitative estimate of drug-likeness (QED) is 0.856. The highest BCUT2D eigenvalue weighted by molar-refractivity contribution is 5.33. The maximum Gasteiger partial charge on any atom is 0.123 e. The second kappa shape index (κ2) is 5.47. The smallest absolute Gasteiger partial charge is 0.123 e. The molecule has 0 aliphatic heterocycles. The summed E-state index contributed by atoms with van der Waals surface area (Å²) in [5.74, 6) is 0.378. The predicted molar refractivity (Wildman–Crippen MR) is 65.6 cm³/mol. The van der Waals surface area contributed by atoms with E-state index < -0.39 is 0 Å². The van der Waals surface area contributed by atoms with E-state index in [-0.39, 0.29) is 18.0 Å². The van der Waals surface area contributed by atoms with Crippen LogP contribution < -0.4 is 4.74 Å². The number of aliphatic hydroxyl groups excluding tert-OH is 1. The molecule has 0 saturated carbocycles. The summed E-state index contributed by atoms with van der Waals surface area (Å²) in [5, 5.41) is 9.28. The highest BCUT2D eigenvalue weighted by Crippen LogP contribution is 2.23. The molecule has 1 aromatic rings. The van der Waals surface area contributed by atoms with Crippen molar-refractivity contribution in [2.24, 2.45) is 0 Å². The molecule has 0 spiro atoms. The number of ether oxygens (including phenoxy) is 1. The third kappa shape index (κ3) is 3.41. The highest BCUT2D eigenvalue weighted by Gasteiger charge is 2.23. The van der Waals surface area contributed by atoms with Crippen LogP contribution in [0.4, 0.5) is 4.39 Å². The van der Waals surface area contributed by atoms with Crippen LogP contribution in [0.1, 0.15) is 19.4 Å². The molecule has 1 aromatic carbocycles. The van der Waals surface area contributed by atoms with Crippen LogP contribution in [0.25, 0.3) is 0 Å². The van der Waals surface area contributed by atoms with Gasteiger partial charge in [-0.3, -0.25) is 4.90 Å². The van der Waals surface area contributed by atoms with Crippen LogP contribution >= 0.6 is 0 Å². The van der Waals surface area contributed by atoms with E-state index in [0.29, 0.717) is 12.3 Å². The van der Waals surface area contributed by atoms with E-state index in [4.69, 9.17) is 4.74 Å². The maximum absolute atomic E-state index is 13.2. The van der Waals surface area contributed by atoms with E-state index in [9.17, 15) is 9.50 Å². The average Bonchev–Trinajstić information content (AvgIpc) is 2.29. The fourth-order valence-electron chi connectivity index (χ4n) is 1.46. The molecule has 0 atom stereocenters. The lowest BCUT2D eigenvalue weighted by atomic mass is 10.0. The van der Waals surface area contributed by atoms with Crippen molar-refractivity contribution in [3.63, 3.8) is 0 Å². The standard InChI is InChI=1S/C13H20FNO2/c1-13(2,9-16)15(3)8-10-7-11(14)5-6-12(10)17-4/h5-7,16H,8-9H2,1-4H3. The first-order valence-electron chi connectivity index (χ1n) is 5.55. The third-order valence-electron chi connectivity index (χ3n) is 3.07. The van der Waals surface area contributed by atoms with Gasteiger partial charge in [0.2, 0.25) is 0 Å². The van der Waals surface area contributed by atoms with E-state index in [2.05, 4.69) is 0 Å². The summed E-state index contributed by atoms with van der Waals surface area (Å²) in [5.41, 5.74) is 0.425. The summed E-state index contributed by atoms with van der Waals surface area (Å²) >= 11 is 0. The largest absolute Gasteiger partial charge is 0.496 e. The summed E-state index contributed by atoms with van der Waals surface area (Å²) in [4.78, 5) is 1.96. The van der Waals surface area contributed by atoms with Crippen molar-refractivity contribution in [3.8, 4) is 5.75 Å². The lowest BCUT2D eigenvalue weighted by Gasteiger charge is -2.34. The zero-order valence-corrected chi connectivity index (χ0v) is 10.8. The fourth-order valence-corrected chi connectivity index (χ4v) is 1.46. The Morgan fingerprint density at radius 1 is 1.41 bits per heavy atom. The van der Waals surface area contributed by atoms with Crippen LogP contribution in [0, 0.1) is 5.82 Å². The minimum atomic E-state index is -0.350. The molecule has 0 fully saturated rings. The molecule has 0 saturated heterocycles. The molecule has 0 heterocycles. The molecule has 4 heteroatoms. The number of hydrogen-bond donors (Lipinski definition) is 1. The Labute approximate surface area is 102 Å². The summed E-state index contributed by atoms with van der Waals surface area (Å²) < 4.78 is 18.4. The van der Waals surface area contributed by atoms with E-state index >= 15 is 0 Å². The van der Waals surface area contributed by atoms with Gasteiger partial charge in [0.25, 0.3) is 0 Å². The van der Waals surface area contributed by atoms with Crippen molar-refractivity contribution >= 4 is 0 Å². The van der Waals surface area contributed by atoms with Crippen LogP contribution in [-0.2, 0) is 6.54 Å². The molecule has 0 aromatic heterocycles. The van der Waals surface area contributed by atoms with Gasteiger partial charge in [-0.25, -0.2) is 4.39 Å². The Morgan fingerprint density at radius 3 is 2.59 bits per heavy atom. The Hall–Kier alpha value is -1.13. The summed E-state index contributed by atoms with van der Waals surface area (Å²) in [7, 11) is 3.45. The zero-order chi connectivity index (χ0) is 13.1. The van der Waals surface area contributed by atoms with Crippen molar-refractivity contribution < 1.29 is 14.2 Å². The fraction of sp³-hybridized carbons (Fsp3) is 0.538. The molecule has 96 valence electrons. The van der Waals surface area contributed by atoms with Gasteiger partial charge in [0.1, 0.15) is 11.6 Å². The minimum absolute atomic E-state index is 0.0428. The van der Waals surface area contributed by atoms with Gasteiger partial charge < -0.3 is 9.84 Å². The Bertz CT molecular complexity index is 380. The average molecular weight is 241 g/mol. The zero-order valence-electron chi connectivity index (χ0n) is 10.8. The van der Waals surface area contributed by atoms with Gasteiger partial charge in [-0.15, -0.1) is 0 Å². The van der Waals surface area contributed by atoms with Gasteiger partial charge in [-0.05, 0) is 39.1 Å². The van der Waals surface area contributed by atoms with Crippen molar-refractivity contribution in [3.05, 3.63) is 29.6 Å². The maximum atomic E-state index is 13.2. The third-order valence-corrected chi connectivity index (χ3v) is 3.07. The molecular weight excluding hydrogens is 221 g/mol. The summed E-state index contributed by atoms with van der Waals surface area (Å²) in [6.07, 6.45) is 0. The molecule has 17 heavy (non-hydrogen) atoms. The molecule has 0 aliphatic rings. The first-order chi connectivity index (χ1) is 7.90. The number of nitrogens with zero attached hydrogens (tertiary/aromatic N) is 1. The number of halogens is 1. The summed E-state index contributed by atoms with van der Waals surface area (Å²) in [6.45, 7) is 4.42. The Morgan fingerprint density at radius 2 is 2.06 bits per heavy atom. The number of hydrogen-bond acceptors (Lipinski definition) is 3. The second-order valence-electron chi connectivity index (χ2n) is 4.78. The normalized spacial score (nSPS) is 11.9. The minimum Gasteiger partial charge on any atom is -0.496 e. The Kier molecular flexibility index (Phi) is 4.48. The molecule has 0 unspecified atom stereocenters. The van der Waals surface area contributed by atoms with Crippen LogP contribution in [0.2, 0.25) is 0 Å². The van der Waals surface area contributed by atoms with Gasteiger partial charge >= 0.3 is 0 Å². The summed E-state index contributed by atoms with van der Waals surface area (Å²) in [6, 6.07) is 4.45. The molecular formula is C13H20FNO2. The molecule has 0 radical (unpaired) electrons. The SMILES string of the molecule is COc1ccc(F)cc1CN(C)C(C)(C)CO. The number of aliphatic hydroxyl groups is 1. The monoisotopic (exact) mass is 241 g/mol. The number of rotatable bonds is 5. The molecule has 0 amide bonds. The second-order valence-corrected chi connectivity index (χ2v) is 4.78. The van der Waals surface area contributed by atoms with Crippen LogP contribution in [0.15, 0.2) is 18.2 Å². The van der Waals surface area contributed by atoms with Crippen molar-refractivity contribution in [2.75, 3.05) is 20.8 Å². The molecule has 0 aliphatic carbocycles. The van der Waals surface area contributed by atoms with Crippen molar-refractivity contribution in [2.45, 2.75) is 25.9 Å². The lowest BCUT2D eigenvalue weighted by Crippen LogP contribution is -2.43. The van der Waals surface area contributed by atoms with E-state index in [0.717, 1.165) is 5.56 Å². The van der Waals surface area contributed by atoms with Gasteiger partial charge in [0, 0.05) is 17.6 Å². The first-order valence-corrected chi connectivity index (χ1v) is 5.55. The van der Waals surface area contributed by atoms with Gasteiger partial charge in [0.15, 0.2) is 0 Å². The van der Waals surface area contributed by atoms with Crippen molar-refractivity contribution in [1.29, 1.82) is 0 Å². The van der Waals surface area contributed by atoms with Crippen LogP contribution in [0.3, 0.4) is 0 Å². The van der Waals surface area contributed by atoms with Crippen LogP contribution in [-0.4, -0.2) is 36.3 Å². The molecule has 3 nitrogen and oxygen atoms in total. The number of benzene rings is 1. The van der Waals surface area contributed by atoms with E-state index in [1.807, 2.05) is 25.8 Å². The number of methoxy groups -OCH3 is 1. The van der Waals surface area contributed by atoms with Gasteiger partial charge in [-0.1, -0.05) is 0 Å². The molecule has 1 rings (SSSR count). The highest BCUT2D eigenvalue weighted by atomic mass is 19.1. The van der Waals surface area contributed by atoms with Gasteiger partial charge in [0.05, 0.1) is 13.7 Å². The van der Waals surface area contributed by atoms with E-state index in [1.165, 1.54) is 12.1 Å². The first kappa shape index (κ1) is 13.9.